The summed E-state index contributed by atoms with van der Waals surface area (Å²) in [4.78, 5) is 25.8. The van der Waals surface area contributed by atoms with Crippen LogP contribution in [0.3, 0.4) is 0 Å². The zero-order valence-electron chi connectivity index (χ0n) is 17.7. The van der Waals surface area contributed by atoms with Crippen molar-refractivity contribution in [2.24, 2.45) is 5.73 Å². The number of anilines is 1. The van der Waals surface area contributed by atoms with Gasteiger partial charge in [0.1, 0.15) is 17.6 Å². The first kappa shape index (κ1) is 21.8. The first-order valence-corrected chi connectivity index (χ1v) is 10.1. The Morgan fingerprint density at radius 2 is 1.94 bits per heavy atom. The number of carbonyl (C=O) groups excluding carboxylic acids is 2. The van der Waals surface area contributed by atoms with E-state index < -0.39 is 11.7 Å². The quantitative estimate of drug-likeness (QED) is 0.614. The molecule has 0 spiro atoms. The van der Waals surface area contributed by atoms with Gasteiger partial charge in [0, 0.05) is 36.2 Å². The molecule has 0 aliphatic carbocycles. The second kappa shape index (κ2) is 9.01. The molecule has 1 atom stereocenters. The summed E-state index contributed by atoms with van der Waals surface area (Å²) >= 11 is 0. The van der Waals surface area contributed by atoms with Gasteiger partial charge in [-0.05, 0) is 48.0 Å². The summed E-state index contributed by atoms with van der Waals surface area (Å²) in [6.45, 7) is 0.395. The van der Waals surface area contributed by atoms with Crippen LogP contribution in [0.5, 0.6) is 17.2 Å². The Kier molecular flexibility index (Phi) is 5.96. The molecular weight excluding hydrogens is 425 g/mol. The van der Waals surface area contributed by atoms with E-state index >= 15 is 0 Å². The van der Waals surface area contributed by atoms with Crippen LogP contribution in [0.1, 0.15) is 33.8 Å². The van der Waals surface area contributed by atoms with Gasteiger partial charge < -0.3 is 20.1 Å². The maximum atomic E-state index is 13.5. The van der Waals surface area contributed by atoms with Crippen LogP contribution in [0.15, 0.2) is 60.7 Å². The van der Waals surface area contributed by atoms with Crippen LogP contribution in [0.4, 0.5) is 10.1 Å². The van der Waals surface area contributed by atoms with E-state index in [9.17, 15) is 19.2 Å². The maximum Gasteiger partial charge on any atom is 0.248 e. The summed E-state index contributed by atoms with van der Waals surface area (Å²) in [7, 11) is 1.40. The van der Waals surface area contributed by atoms with Crippen LogP contribution < -0.4 is 20.1 Å². The Morgan fingerprint density at radius 3 is 2.67 bits per heavy atom. The molecule has 3 aromatic carbocycles. The number of methoxy groups -OCH3 is 1. The van der Waals surface area contributed by atoms with Gasteiger partial charge in [0.15, 0.2) is 11.5 Å². The van der Waals surface area contributed by atoms with Crippen LogP contribution in [-0.4, -0.2) is 25.5 Å². The molecule has 0 unspecified atom stereocenters. The van der Waals surface area contributed by atoms with Crippen molar-refractivity contribution in [1.82, 2.24) is 0 Å². The predicted molar refractivity (Wildman–Crippen MR) is 119 cm³/mol. The summed E-state index contributed by atoms with van der Waals surface area (Å²) in [6.07, 6.45) is 0.256. The Morgan fingerprint density at radius 1 is 1.12 bits per heavy atom. The minimum Gasteiger partial charge on any atom is -0.493 e. The first-order chi connectivity index (χ1) is 15.9. The van der Waals surface area contributed by atoms with Gasteiger partial charge in [-0.2, -0.15) is 5.26 Å². The molecule has 7 nitrogen and oxygen atoms in total. The molecule has 0 bridgehead atoms. The first-order valence-electron chi connectivity index (χ1n) is 10.1. The molecule has 0 radical (unpaired) electrons. The van der Waals surface area contributed by atoms with Crippen molar-refractivity contribution in [2.45, 2.75) is 12.3 Å². The number of halogens is 1. The highest BCUT2D eigenvalue weighted by Gasteiger charge is 2.32. The highest BCUT2D eigenvalue weighted by Crippen LogP contribution is 2.37. The van der Waals surface area contributed by atoms with Crippen LogP contribution in [-0.2, 0) is 4.79 Å². The van der Waals surface area contributed by atoms with Crippen molar-refractivity contribution in [3.8, 4) is 23.3 Å². The number of nitriles is 1. The van der Waals surface area contributed by atoms with Crippen molar-refractivity contribution in [3.05, 3.63) is 83.2 Å². The van der Waals surface area contributed by atoms with Gasteiger partial charge in [0.2, 0.25) is 11.8 Å². The number of hydrogen-bond donors (Lipinski definition) is 1. The number of nitrogens with two attached hydrogens (primary N) is 1. The zero-order chi connectivity index (χ0) is 23.5. The zero-order valence-corrected chi connectivity index (χ0v) is 17.7. The van der Waals surface area contributed by atoms with Gasteiger partial charge in [-0.1, -0.05) is 12.1 Å². The average molecular weight is 445 g/mol. The van der Waals surface area contributed by atoms with Gasteiger partial charge in [-0.25, -0.2) is 4.39 Å². The monoisotopic (exact) mass is 445 g/mol. The standard InChI is InChI=1S/C25H20FN3O4/c1-32-23-12-19(26)7-8-21(23)33-22-10-15(5-6-17(22)13-27)18-11-24(30)29(14-18)20-4-2-3-16(9-20)25(28)31/h2-10,12,18H,11,14H2,1H3,(H2,28,31)/t18-/m0/s1. The number of benzene rings is 3. The van der Waals surface area contributed by atoms with Crippen molar-refractivity contribution in [2.75, 3.05) is 18.6 Å². The van der Waals surface area contributed by atoms with E-state index in [0.29, 0.717) is 23.4 Å². The van der Waals surface area contributed by atoms with E-state index in [2.05, 4.69) is 6.07 Å². The van der Waals surface area contributed by atoms with E-state index in [0.717, 1.165) is 5.56 Å². The van der Waals surface area contributed by atoms with E-state index in [1.54, 1.807) is 47.4 Å². The molecule has 0 saturated carbocycles. The fourth-order valence-corrected chi connectivity index (χ4v) is 3.82. The van der Waals surface area contributed by atoms with E-state index in [1.165, 1.54) is 25.3 Å². The molecule has 1 heterocycles. The highest BCUT2D eigenvalue weighted by atomic mass is 19.1. The average Bonchev–Trinajstić information content (AvgIpc) is 3.21. The Balaban J connectivity index is 1.62. The number of rotatable bonds is 6. The lowest BCUT2D eigenvalue weighted by Crippen LogP contribution is -2.24. The van der Waals surface area contributed by atoms with Crippen LogP contribution in [0.25, 0.3) is 0 Å². The molecule has 166 valence electrons. The molecule has 4 rings (SSSR count). The maximum absolute atomic E-state index is 13.5. The third-order valence-electron chi connectivity index (χ3n) is 5.51. The van der Waals surface area contributed by atoms with Crippen LogP contribution >= 0.6 is 0 Å². The molecule has 1 aliphatic rings. The molecular formula is C25H20FN3O4. The molecule has 3 aromatic rings. The van der Waals surface area contributed by atoms with Gasteiger partial charge in [0.25, 0.3) is 0 Å². The summed E-state index contributed by atoms with van der Waals surface area (Å²) in [5, 5.41) is 9.51. The molecule has 1 aliphatic heterocycles. The lowest BCUT2D eigenvalue weighted by atomic mass is 9.96. The molecule has 2 N–H and O–H groups in total. The summed E-state index contributed by atoms with van der Waals surface area (Å²) in [5.74, 6) is -0.542. The Hall–Kier alpha value is -4.38. The number of nitrogens with zero attached hydrogens (tertiary/aromatic N) is 2. The van der Waals surface area contributed by atoms with Gasteiger partial charge in [-0.15, -0.1) is 0 Å². The van der Waals surface area contributed by atoms with Crippen LogP contribution in [0, 0.1) is 17.1 Å². The number of hydrogen-bond acceptors (Lipinski definition) is 5. The summed E-state index contributed by atoms with van der Waals surface area (Å²) in [5.41, 5.74) is 7.38. The second-order valence-corrected chi connectivity index (χ2v) is 7.58. The third-order valence-corrected chi connectivity index (χ3v) is 5.51. The minimum absolute atomic E-state index is 0.0892. The lowest BCUT2D eigenvalue weighted by molar-refractivity contribution is -0.117. The molecule has 0 aromatic heterocycles. The topological polar surface area (TPSA) is 106 Å². The fraction of sp³-hybridized carbons (Fsp3) is 0.160. The van der Waals surface area contributed by atoms with Crippen molar-refractivity contribution >= 4 is 17.5 Å². The van der Waals surface area contributed by atoms with Crippen molar-refractivity contribution in [3.63, 3.8) is 0 Å². The highest BCUT2D eigenvalue weighted by molar-refractivity contribution is 5.99. The number of carbonyl (C=O) groups is 2. The SMILES string of the molecule is COc1cc(F)ccc1Oc1cc([C@H]2CC(=O)N(c3cccc(C(N)=O)c3)C2)ccc1C#N. The third kappa shape index (κ3) is 4.48. The van der Waals surface area contributed by atoms with Crippen molar-refractivity contribution in [1.29, 1.82) is 5.26 Å². The Bertz CT molecular complexity index is 1280. The van der Waals surface area contributed by atoms with E-state index in [-0.39, 0.29) is 35.5 Å². The minimum atomic E-state index is -0.565. The van der Waals surface area contributed by atoms with Gasteiger partial charge in [0.05, 0.1) is 12.7 Å². The number of amides is 2. The van der Waals surface area contributed by atoms with Gasteiger partial charge >= 0.3 is 0 Å². The van der Waals surface area contributed by atoms with Crippen molar-refractivity contribution < 1.29 is 23.5 Å². The second-order valence-electron chi connectivity index (χ2n) is 7.58. The predicted octanol–water partition coefficient (Wildman–Crippen LogP) is 4.12. The summed E-state index contributed by atoms with van der Waals surface area (Å²) in [6, 6.07) is 17.7. The molecule has 1 saturated heterocycles. The number of ether oxygens (including phenoxy) is 2. The number of primary amides is 1. The molecule has 2 amide bonds. The lowest BCUT2D eigenvalue weighted by Gasteiger charge is -2.18. The molecule has 1 fully saturated rings. The largest absolute Gasteiger partial charge is 0.493 e. The van der Waals surface area contributed by atoms with E-state index in [4.69, 9.17) is 15.2 Å². The molecule has 33 heavy (non-hydrogen) atoms. The van der Waals surface area contributed by atoms with Gasteiger partial charge in [-0.3, -0.25) is 9.59 Å². The normalized spacial score (nSPS) is 15.2. The summed E-state index contributed by atoms with van der Waals surface area (Å²) < 4.78 is 24.6. The smallest absolute Gasteiger partial charge is 0.248 e. The van der Waals surface area contributed by atoms with E-state index in [1.807, 2.05) is 0 Å². The Labute approximate surface area is 189 Å². The fourth-order valence-electron chi connectivity index (χ4n) is 3.82. The van der Waals surface area contributed by atoms with Crippen LogP contribution in [0.2, 0.25) is 0 Å². The molecule has 8 heteroatoms.